The van der Waals surface area contributed by atoms with Gasteiger partial charge in [-0.3, -0.25) is 14.0 Å². The molecule has 0 N–H and O–H groups in total. The van der Waals surface area contributed by atoms with Gasteiger partial charge in [0.2, 0.25) is 0 Å². The van der Waals surface area contributed by atoms with Crippen molar-refractivity contribution < 1.29 is 21.6 Å². The predicted molar refractivity (Wildman–Crippen MR) is 156 cm³/mol. The highest BCUT2D eigenvalue weighted by Gasteiger charge is 2.26. The summed E-state index contributed by atoms with van der Waals surface area (Å²) >= 11 is 1.23. The third-order valence-corrected chi connectivity index (χ3v) is 10.1. The molecule has 0 saturated heterocycles. The number of aromatic nitrogens is 1. The lowest BCUT2D eigenvalue weighted by molar-refractivity contribution is 0.0985. The van der Waals surface area contributed by atoms with Gasteiger partial charge in [0.1, 0.15) is 0 Å². The van der Waals surface area contributed by atoms with Crippen LogP contribution in [0.4, 0.5) is 10.8 Å². The van der Waals surface area contributed by atoms with Crippen LogP contribution in [0.5, 0.6) is 0 Å². The Hall–Kier alpha value is -3.32. The van der Waals surface area contributed by atoms with Gasteiger partial charge in [-0.25, -0.2) is 21.8 Å². The number of para-hydroxylation sites is 1. The van der Waals surface area contributed by atoms with Gasteiger partial charge in [0, 0.05) is 31.5 Å². The van der Waals surface area contributed by atoms with Crippen LogP contribution >= 0.6 is 11.3 Å². The number of hydrogen-bond acceptors (Lipinski definition) is 8. The Kier molecular flexibility index (Phi) is 8.40. The van der Waals surface area contributed by atoms with E-state index in [4.69, 9.17) is 0 Å². The minimum absolute atomic E-state index is 0.0814. The van der Waals surface area contributed by atoms with Crippen LogP contribution in [-0.2, 0) is 19.9 Å². The van der Waals surface area contributed by atoms with E-state index in [0.29, 0.717) is 39.7 Å². The second-order valence-electron chi connectivity index (χ2n) is 9.19. The lowest BCUT2D eigenvalue weighted by Crippen LogP contribution is -2.36. The molecular formula is C27H30N4O5S3. The number of amides is 1. The van der Waals surface area contributed by atoms with Crippen molar-refractivity contribution in [2.75, 3.05) is 49.2 Å². The topological polar surface area (TPSA) is 108 Å². The molecule has 0 saturated carbocycles. The highest BCUT2D eigenvalue weighted by atomic mass is 32.2. The van der Waals surface area contributed by atoms with Crippen LogP contribution in [0.25, 0.3) is 10.2 Å². The van der Waals surface area contributed by atoms with E-state index in [0.717, 1.165) is 6.26 Å². The molecule has 1 aromatic heterocycles. The summed E-state index contributed by atoms with van der Waals surface area (Å²) in [6.45, 7) is 2.92. The number of sulfonamides is 1. The van der Waals surface area contributed by atoms with Gasteiger partial charge in [0.25, 0.3) is 15.9 Å². The van der Waals surface area contributed by atoms with Gasteiger partial charge in [0.05, 0.1) is 25.7 Å². The summed E-state index contributed by atoms with van der Waals surface area (Å²) in [6, 6.07) is 19.4. The van der Waals surface area contributed by atoms with Gasteiger partial charge < -0.3 is 4.90 Å². The van der Waals surface area contributed by atoms with E-state index in [1.54, 1.807) is 43.3 Å². The number of likely N-dealkylation sites (N-methyl/N-ethyl adjacent to an activating group) is 1. The highest BCUT2D eigenvalue weighted by Crippen LogP contribution is 2.32. The molecule has 0 fully saturated rings. The molecule has 0 bridgehead atoms. The molecule has 206 valence electrons. The van der Waals surface area contributed by atoms with Crippen molar-refractivity contribution in [3.63, 3.8) is 0 Å². The lowest BCUT2D eigenvalue weighted by atomic mass is 10.2. The van der Waals surface area contributed by atoms with Crippen LogP contribution in [0.2, 0.25) is 0 Å². The highest BCUT2D eigenvalue weighted by molar-refractivity contribution is 7.92. The van der Waals surface area contributed by atoms with E-state index >= 15 is 0 Å². The molecule has 39 heavy (non-hydrogen) atoms. The Balaban J connectivity index is 1.66. The molecular weight excluding hydrogens is 557 g/mol. The third-order valence-electron chi connectivity index (χ3n) is 6.04. The van der Waals surface area contributed by atoms with E-state index in [2.05, 4.69) is 4.98 Å². The van der Waals surface area contributed by atoms with Gasteiger partial charge in [-0.05, 0) is 75.6 Å². The van der Waals surface area contributed by atoms with E-state index in [9.17, 15) is 21.6 Å². The van der Waals surface area contributed by atoms with Crippen molar-refractivity contribution in [2.45, 2.75) is 16.7 Å². The molecule has 0 atom stereocenters. The number of fused-ring (bicyclic) bond motifs is 1. The van der Waals surface area contributed by atoms with Crippen molar-refractivity contribution in [1.82, 2.24) is 9.88 Å². The Labute approximate surface area is 233 Å². The quantitative estimate of drug-likeness (QED) is 0.275. The summed E-state index contributed by atoms with van der Waals surface area (Å²) in [5.74, 6) is -0.335. The number of hydrogen-bond donors (Lipinski definition) is 0. The van der Waals surface area contributed by atoms with Gasteiger partial charge in [-0.15, -0.1) is 0 Å². The number of sulfone groups is 1. The van der Waals surface area contributed by atoms with E-state index in [1.165, 1.54) is 50.9 Å². The van der Waals surface area contributed by atoms with E-state index in [1.807, 2.05) is 25.1 Å². The fourth-order valence-electron chi connectivity index (χ4n) is 3.96. The van der Waals surface area contributed by atoms with Crippen molar-refractivity contribution >= 4 is 58.1 Å². The Bertz CT molecular complexity index is 1680. The molecule has 0 radical (unpaired) electrons. The maximum atomic E-state index is 13.7. The Morgan fingerprint density at radius 2 is 1.51 bits per heavy atom. The zero-order valence-electron chi connectivity index (χ0n) is 22.1. The first-order chi connectivity index (χ1) is 18.4. The van der Waals surface area contributed by atoms with Crippen LogP contribution in [0.3, 0.4) is 0 Å². The van der Waals surface area contributed by atoms with Crippen molar-refractivity contribution in [3.05, 3.63) is 78.4 Å². The smallest absolute Gasteiger partial charge is 0.264 e. The summed E-state index contributed by atoms with van der Waals surface area (Å²) in [6.07, 6.45) is 1.15. The molecule has 9 nitrogen and oxygen atoms in total. The summed E-state index contributed by atoms with van der Waals surface area (Å²) in [4.78, 5) is 22.0. The lowest BCUT2D eigenvalue weighted by Gasteiger charge is -2.24. The fraction of sp³-hybridized carbons (Fsp3) is 0.259. The number of rotatable bonds is 10. The molecule has 0 unspecified atom stereocenters. The minimum atomic E-state index is -3.83. The summed E-state index contributed by atoms with van der Waals surface area (Å²) in [5.41, 5.74) is 1.46. The molecule has 12 heteroatoms. The Morgan fingerprint density at radius 1 is 0.872 bits per heavy atom. The maximum Gasteiger partial charge on any atom is 0.264 e. The van der Waals surface area contributed by atoms with Crippen molar-refractivity contribution in [1.29, 1.82) is 0 Å². The third kappa shape index (κ3) is 6.30. The predicted octanol–water partition coefficient (Wildman–Crippen LogP) is 4.12. The fourth-order valence-corrected chi connectivity index (χ4v) is 7.19. The second kappa shape index (κ2) is 11.4. The number of carbonyl (C=O) groups excluding carboxylic acids is 1. The number of nitrogens with zero attached hydrogens (tertiary/aromatic N) is 4. The second-order valence-corrected chi connectivity index (χ2v) is 14.1. The molecule has 1 amide bonds. The van der Waals surface area contributed by atoms with Crippen LogP contribution in [0.1, 0.15) is 17.3 Å². The first-order valence-corrected chi connectivity index (χ1v) is 16.3. The van der Waals surface area contributed by atoms with Crippen molar-refractivity contribution in [3.8, 4) is 0 Å². The summed E-state index contributed by atoms with van der Waals surface area (Å²) < 4.78 is 52.7. The zero-order valence-corrected chi connectivity index (χ0v) is 24.6. The van der Waals surface area contributed by atoms with Crippen LogP contribution < -0.4 is 9.21 Å². The average Bonchev–Trinajstić information content (AvgIpc) is 3.32. The van der Waals surface area contributed by atoms with E-state index in [-0.39, 0.29) is 22.2 Å². The largest absolute Gasteiger partial charge is 0.308 e. The molecule has 0 aliphatic carbocycles. The molecule has 3 aromatic carbocycles. The molecule has 1 heterocycles. The number of anilines is 2. The number of carbonyl (C=O) groups is 1. The first-order valence-electron chi connectivity index (χ1n) is 12.2. The normalized spacial score (nSPS) is 12.1. The Morgan fingerprint density at radius 3 is 2.10 bits per heavy atom. The zero-order chi connectivity index (χ0) is 28.4. The molecule has 0 aliphatic heterocycles. The van der Waals surface area contributed by atoms with Crippen LogP contribution in [-0.4, -0.2) is 72.6 Å². The number of thiazole rings is 1. The standard InChI is InChI=1S/C27H30N4O5S3/c1-5-31(21-9-7-6-8-10-21)39(35,36)22-13-11-20(12-14-22)26(32)30(18-17-29(2)3)27-28-24-16-15-23(38(4,33)34)19-25(24)37-27/h6-16,19H,5,17-18H2,1-4H3. The molecule has 0 aliphatic rings. The van der Waals surface area contributed by atoms with Gasteiger partial charge in [-0.1, -0.05) is 29.5 Å². The molecule has 0 spiro atoms. The molecule has 4 rings (SSSR count). The molecule has 4 aromatic rings. The van der Waals surface area contributed by atoms with Gasteiger partial charge in [0.15, 0.2) is 15.0 Å². The monoisotopic (exact) mass is 586 g/mol. The van der Waals surface area contributed by atoms with E-state index < -0.39 is 19.9 Å². The SMILES string of the molecule is CCN(c1ccccc1)S(=O)(=O)c1ccc(C(=O)N(CCN(C)C)c2nc3ccc(S(C)(=O)=O)cc3s2)cc1. The maximum absolute atomic E-state index is 13.7. The van der Waals surface area contributed by atoms with Gasteiger partial charge >= 0.3 is 0 Å². The average molecular weight is 587 g/mol. The number of benzene rings is 3. The summed E-state index contributed by atoms with van der Waals surface area (Å²) in [5, 5.41) is 0.431. The van der Waals surface area contributed by atoms with Crippen molar-refractivity contribution in [2.24, 2.45) is 0 Å². The minimum Gasteiger partial charge on any atom is -0.308 e. The van der Waals surface area contributed by atoms with Crippen LogP contribution in [0, 0.1) is 0 Å². The summed E-state index contributed by atoms with van der Waals surface area (Å²) in [7, 11) is -3.43. The first kappa shape index (κ1) is 28.7. The van der Waals surface area contributed by atoms with Gasteiger partial charge in [-0.2, -0.15) is 0 Å². The van der Waals surface area contributed by atoms with Crippen LogP contribution in [0.15, 0.2) is 82.6 Å².